The second-order valence-corrected chi connectivity index (χ2v) is 8.99. The molecule has 0 atom stereocenters. The highest BCUT2D eigenvalue weighted by molar-refractivity contribution is 7.92. The van der Waals surface area contributed by atoms with Crippen LogP contribution >= 0.6 is 0 Å². The Morgan fingerprint density at radius 3 is 2.58 bits per heavy atom. The lowest BCUT2D eigenvalue weighted by Gasteiger charge is -2.19. The molecule has 1 amide bonds. The summed E-state index contributed by atoms with van der Waals surface area (Å²) in [6.45, 7) is 1.19. The zero-order chi connectivity index (χ0) is 23.3. The molecule has 1 aliphatic heterocycles. The van der Waals surface area contributed by atoms with Crippen molar-refractivity contribution >= 4 is 21.6 Å². The molecule has 4 rings (SSSR count). The van der Waals surface area contributed by atoms with E-state index in [1.807, 2.05) is 24.3 Å². The number of methoxy groups -OCH3 is 1. The van der Waals surface area contributed by atoms with Gasteiger partial charge >= 0.3 is 0 Å². The van der Waals surface area contributed by atoms with Gasteiger partial charge in [-0.25, -0.2) is 8.42 Å². The first-order chi connectivity index (χ1) is 16.0. The van der Waals surface area contributed by atoms with E-state index in [1.165, 1.54) is 18.2 Å². The van der Waals surface area contributed by atoms with Gasteiger partial charge in [-0.15, -0.1) is 0 Å². The van der Waals surface area contributed by atoms with E-state index in [-0.39, 0.29) is 16.5 Å². The Bertz CT molecular complexity index is 1260. The highest BCUT2D eigenvalue weighted by Crippen LogP contribution is 2.32. The topological polar surface area (TPSA) is 103 Å². The van der Waals surface area contributed by atoms with Gasteiger partial charge in [-0.3, -0.25) is 9.52 Å². The second-order valence-electron chi connectivity index (χ2n) is 7.31. The van der Waals surface area contributed by atoms with E-state index in [4.69, 9.17) is 14.2 Å². The summed E-state index contributed by atoms with van der Waals surface area (Å²) < 4.78 is 44.4. The zero-order valence-electron chi connectivity index (χ0n) is 18.0. The molecule has 1 heterocycles. The Morgan fingerprint density at radius 1 is 0.970 bits per heavy atom. The van der Waals surface area contributed by atoms with Crippen LogP contribution < -0.4 is 24.2 Å². The lowest BCUT2D eigenvalue weighted by atomic mass is 10.1. The van der Waals surface area contributed by atoms with Crippen LogP contribution in [0.4, 0.5) is 5.69 Å². The summed E-state index contributed by atoms with van der Waals surface area (Å²) in [4.78, 5) is 12.6. The van der Waals surface area contributed by atoms with Crippen molar-refractivity contribution in [3.63, 3.8) is 0 Å². The number of nitrogens with one attached hydrogen (secondary N) is 2. The first-order valence-corrected chi connectivity index (χ1v) is 11.9. The van der Waals surface area contributed by atoms with Gasteiger partial charge in [0.25, 0.3) is 15.9 Å². The molecule has 0 fully saturated rings. The van der Waals surface area contributed by atoms with Crippen molar-refractivity contribution in [2.45, 2.75) is 11.3 Å². The number of sulfonamides is 1. The summed E-state index contributed by atoms with van der Waals surface area (Å²) >= 11 is 0. The lowest BCUT2D eigenvalue weighted by molar-refractivity contribution is 0.0954. The van der Waals surface area contributed by atoms with Crippen LogP contribution in [0.2, 0.25) is 0 Å². The van der Waals surface area contributed by atoms with Crippen molar-refractivity contribution in [2.75, 3.05) is 31.6 Å². The summed E-state index contributed by atoms with van der Waals surface area (Å²) in [7, 11) is -2.28. The predicted octanol–water partition coefficient (Wildman–Crippen LogP) is 3.24. The number of hydrogen-bond acceptors (Lipinski definition) is 6. The summed E-state index contributed by atoms with van der Waals surface area (Å²) in [6.07, 6.45) is 0.603. The predicted molar refractivity (Wildman–Crippen MR) is 124 cm³/mol. The number of hydrogen-bond donors (Lipinski definition) is 2. The Hall–Kier alpha value is -3.72. The molecular formula is C24H24N2O6S. The van der Waals surface area contributed by atoms with Crippen LogP contribution in [0.5, 0.6) is 17.2 Å². The number of anilines is 1. The van der Waals surface area contributed by atoms with Gasteiger partial charge in [0, 0.05) is 23.9 Å². The van der Waals surface area contributed by atoms with E-state index in [1.54, 1.807) is 31.4 Å². The molecular weight excluding hydrogens is 444 g/mol. The van der Waals surface area contributed by atoms with E-state index in [0.717, 1.165) is 11.3 Å². The average Bonchev–Trinajstić information content (AvgIpc) is 2.84. The maximum absolute atomic E-state index is 12.8. The molecule has 0 bridgehead atoms. The fourth-order valence-corrected chi connectivity index (χ4v) is 4.52. The van der Waals surface area contributed by atoms with E-state index in [0.29, 0.717) is 43.2 Å². The van der Waals surface area contributed by atoms with E-state index < -0.39 is 10.0 Å². The second kappa shape index (κ2) is 9.83. The third-order valence-corrected chi connectivity index (χ3v) is 6.45. The number of fused-ring (bicyclic) bond motifs is 1. The van der Waals surface area contributed by atoms with Gasteiger partial charge in [0.05, 0.1) is 12.0 Å². The fraction of sp³-hybridized carbons (Fsp3) is 0.208. The standard InChI is InChI=1S/C24H24N2O6S/c1-30-21-8-3-2-5-17(21)11-12-25-24(27)18-6-4-7-19(15-18)26-33(28,29)20-9-10-22-23(16-20)32-14-13-31-22/h2-10,15-16,26H,11-14H2,1H3,(H,25,27). The zero-order valence-corrected chi connectivity index (χ0v) is 18.9. The Morgan fingerprint density at radius 2 is 1.76 bits per heavy atom. The Balaban J connectivity index is 1.41. The normalized spacial score (nSPS) is 12.6. The van der Waals surface area contributed by atoms with Gasteiger partial charge < -0.3 is 19.5 Å². The molecule has 0 unspecified atom stereocenters. The number of rotatable bonds is 8. The largest absolute Gasteiger partial charge is 0.496 e. The van der Waals surface area contributed by atoms with Gasteiger partial charge in [0.2, 0.25) is 0 Å². The van der Waals surface area contributed by atoms with Gasteiger partial charge in [-0.1, -0.05) is 24.3 Å². The third kappa shape index (κ3) is 5.38. The molecule has 0 aromatic heterocycles. The summed E-state index contributed by atoms with van der Waals surface area (Å²) in [5.41, 5.74) is 1.61. The van der Waals surface area contributed by atoms with Crippen molar-refractivity contribution < 1.29 is 27.4 Å². The molecule has 0 saturated heterocycles. The van der Waals surface area contributed by atoms with Gasteiger partial charge in [0.1, 0.15) is 19.0 Å². The number of ether oxygens (including phenoxy) is 3. The van der Waals surface area contributed by atoms with Crippen LogP contribution in [0.1, 0.15) is 15.9 Å². The third-order valence-electron chi connectivity index (χ3n) is 5.07. The van der Waals surface area contributed by atoms with Crippen LogP contribution in [0.3, 0.4) is 0 Å². The highest BCUT2D eigenvalue weighted by Gasteiger charge is 2.20. The smallest absolute Gasteiger partial charge is 0.262 e. The number of para-hydroxylation sites is 1. The maximum Gasteiger partial charge on any atom is 0.262 e. The molecule has 0 spiro atoms. The molecule has 172 valence electrons. The summed E-state index contributed by atoms with van der Waals surface area (Å²) in [6, 6.07) is 18.4. The van der Waals surface area contributed by atoms with Gasteiger partial charge in [0.15, 0.2) is 11.5 Å². The minimum Gasteiger partial charge on any atom is -0.496 e. The number of carbonyl (C=O) groups is 1. The molecule has 1 aliphatic rings. The molecule has 33 heavy (non-hydrogen) atoms. The Labute approximate surface area is 192 Å². The van der Waals surface area contributed by atoms with Crippen molar-refractivity contribution in [3.8, 4) is 17.2 Å². The SMILES string of the molecule is COc1ccccc1CCNC(=O)c1cccc(NS(=O)(=O)c2ccc3c(c2)OCCO3)c1. The van der Waals surface area contributed by atoms with Crippen LogP contribution in [0.25, 0.3) is 0 Å². The van der Waals surface area contributed by atoms with Crippen LogP contribution in [0, 0.1) is 0 Å². The van der Waals surface area contributed by atoms with Crippen molar-refractivity contribution in [3.05, 3.63) is 77.9 Å². The van der Waals surface area contributed by atoms with Crippen LogP contribution in [-0.2, 0) is 16.4 Å². The molecule has 2 N–H and O–H groups in total. The van der Waals surface area contributed by atoms with Crippen molar-refractivity contribution in [1.29, 1.82) is 0 Å². The number of amides is 1. The van der Waals surface area contributed by atoms with Crippen LogP contribution in [0.15, 0.2) is 71.6 Å². The first kappa shape index (κ1) is 22.5. The van der Waals surface area contributed by atoms with E-state index in [2.05, 4.69) is 10.0 Å². The highest BCUT2D eigenvalue weighted by atomic mass is 32.2. The number of carbonyl (C=O) groups excluding carboxylic acids is 1. The van der Waals surface area contributed by atoms with Crippen LogP contribution in [-0.4, -0.2) is 41.2 Å². The monoisotopic (exact) mass is 468 g/mol. The average molecular weight is 469 g/mol. The van der Waals surface area contributed by atoms with Gasteiger partial charge in [-0.2, -0.15) is 0 Å². The molecule has 0 radical (unpaired) electrons. The lowest BCUT2D eigenvalue weighted by Crippen LogP contribution is -2.26. The summed E-state index contributed by atoms with van der Waals surface area (Å²) in [5, 5.41) is 2.85. The maximum atomic E-state index is 12.8. The van der Waals surface area contributed by atoms with Crippen molar-refractivity contribution in [1.82, 2.24) is 5.32 Å². The molecule has 0 aliphatic carbocycles. The van der Waals surface area contributed by atoms with Crippen molar-refractivity contribution in [2.24, 2.45) is 0 Å². The molecule has 0 saturated carbocycles. The minimum absolute atomic E-state index is 0.0402. The molecule has 3 aromatic carbocycles. The molecule has 8 nitrogen and oxygen atoms in total. The number of benzene rings is 3. The Kier molecular flexibility index (Phi) is 6.69. The quantitative estimate of drug-likeness (QED) is 0.526. The fourth-order valence-electron chi connectivity index (χ4n) is 3.45. The molecule has 3 aromatic rings. The van der Waals surface area contributed by atoms with Gasteiger partial charge in [-0.05, 0) is 48.4 Å². The van der Waals surface area contributed by atoms with E-state index >= 15 is 0 Å². The summed E-state index contributed by atoms with van der Waals surface area (Å²) in [5.74, 6) is 1.35. The van der Waals surface area contributed by atoms with E-state index in [9.17, 15) is 13.2 Å². The first-order valence-electron chi connectivity index (χ1n) is 10.4. The molecule has 9 heteroatoms. The minimum atomic E-state index is -3.88.